The zero-order valence-electron chi connectivity index (χ0n) is 18.3. The molecule has 3 amide bonds. The van der Waals surface area contributed by atoms with Gasteiger partial charge in [0.25, 0.3) is 5.91 Å². The molecule has 180 valence electrons. The summed E-state index contributed by atoms with van der Waals surface area (Å²) in [4.78, 5) is 53.0. The lowest BCUT2D eigenvalue weighted by atomic mass is 10.0. The highest BCUT2D eigenvalue weighted by Gasteiger charge is 2.54. The molecule has 2 N–H and O–H groups in total. The Bertz CT molecular complexity index is 1130. The molecule has 3 aliphatic heterocycles. The molecule has 1 aromatic heterocycles. The highest BCUT2D eigenvalue weighted by atomic mass is 32.2. The first-order chi connectivity index (χ1) is 16.3. The topological polar surface area (TPSA) is 151 Å². The number of carbonyl (C=O) groups is 4. The number of β-lactam (4-membered cyclic amide) rings is 1. The van der Waals surface area contributed by atoms with E-state index in [4.69, 9.17) is 0 Å². The van der Waals surface area contributed by atoms with Crippen molar-refractivity contribution in [2.24, 2.45) is 13.0 Å². The predicted molar refractivity (Wildman–Crippen MR) is 121 cm³/mol. The summed E-state index contributed by atoms with van der Waals surface area (Å²) in [6.45, 7) is 1.40. The summed E-state index contributed by atoms with van der Waals surface area (Å²) < 4.78 is 1.44. The number of likely N-dealkylation sites (tertiary alicyclic amines) is 1. The first kappa shape index (κ1) is 22.9. The average Bonchev–Trinajstić information content (AvgIpc) is 3.45. The maximum Gasteiger partial charge on any atom is 0.352 e. The molecule has 1 saturated carbocycles. The summed E-state index contributed by atoms with van der Waals surface area (Å²) in [5, 5.41) is 23.5. The quantitative estimate of drug-likeness (QED) is 0.272. The molecule has 14 heteroatoms. The Hall–Kier alpha value is -2.87. The van der Waals surface area contributed by atoms with Gasteiger partial charge in [0.05, 0.1) is 5.75 Å². The van der Waals surface area contributed by atoms with Crippen LogP contribution in [0.25, 0.3) is 0 Å². The van der Waals surface area contributed by atoms with E-state index in [1.165, 1.54) is 21.3 Å². The molecule has 3 fully saturated rings. The number of rotatable bonds is 8. The van der Waals surface area contributed by atoms with E-state index >= 15 is 0 Å². The van der Waals surface area contributed by atoms with Crippen LogP contribution in [0.1, 0.15) is 19.3 Å². The monoisotopic (exact) mass is 505 g/mol. The molecule has 4 heterocycles. The van der Waals surface area contributed by atoms with Gasteiger partial charge in [0.15, 0.2) is 0 Å². The first-order valence-corrected chi connectivity index (χ1v) is 12.9. The first-order valence-electron chi connectivity index (χ1n) is 10.9. The van der Waals surface area contributed by atoms with Crippen LogP contribution in [0.4, 0.5) is 0 Å². The summed E-state index contributed by atoms with van der Waals surface area (Å²) in [6, 6.07) is -0.804. The van der Waals surface area contributed by atoms with Crippen LogP contribution in [0.15, 0.2) is 28.1 Å². The maximum atomic E-state index is 12.8. The molecule has 5 rings (SSSR count). The van der Waals surface area contributed by atoms with Crippen molar-refractivity contribution in [2.45, 2.75) is 35.8 Å². The lowest BCUT2D eigenvalue weighted by Gasteiger charge is -2.49. The van der Waals surface area contributed by atoms with Gasteiger partial charge in [0.1, 0.15) is 17.1 Å². The van der Waals surface area contributed by atoms with Crippen LogP contribution < -0.4 is 5.32 Å². The van der Waals surface area contributed by atoms with Crippen molar-refractivity contribution in [3.8, 4) is 0 Å². The van der Waals surface area contributed by atoms with Gasteiger partial charge in [-0.1, -0.05) is 11.8 Å². The van der Waals surface area contributed by atoms with Gasteiger partial charge in [-0.15, -0.1) is 16.9 Å². The molecule has 1 aromatic rings. The van der Waals surface area contributed by atoms with E-state index in [9.17, 15) is 24.3 Å². The fourth-order valence-corrected chi connectivity index (χ4v) is 6.21. The van der Waals surface area contributed by atoms with Crippen LogP contribution in [0, 0.1) is 5.92 Å². The van der Waals surface area contributed by atoms with Gasteiger partial charge in [-0.3, -0.25) is 19.3 Å². The number of allylic oxidation sites excluding steroid dienone is 1. The number of aliphatic carboxylic acids is 1. The smallest absolute Gasteiger partial charge is 0.352 e. The van der Waals surface area contributed by atoms with Crippen molar-refractivity contribution < 1.29 is 24.3 Å². The van der Waals surface area contributed by atoms with Crippen molar-refractivity contribution in [2.75, 3.05) is 24.6 Å². The van der Waals surface area contributed by atoms with Crippen LogP contribution in [-0.4, -0.2) is 94.8 Å². The molecule has 0 unspecified atom stereocenters. The van der Waals surface area contributed by atoms with Gasteiger partial charge in [-0.25, -0.2) is 9.48 Å². The van der Waals surface area contributed by atoms with Crippen LogP contribution in [-0.2, 0) is 26.2 Å². The van der Waals surface area contributed by atoms with E-state index in [1.807, 2.05) is 4.90 Å². The van der Waals surface area contributed by atoms with Gasteiger partial charge in [0, 0.05) is 31.5 Å². The third kappa shape index (κ3) is 4.31. The number of aryl methyl sites for hydroxylation is 1. The summed E-state index contributed by atoms with van der Waals surface area (Å²) in [6.07, 6.45) is 4.52. The molecule has 34 heavy (non-hydrogen) atoms. The highest BCUT2D eigenvalue weighted by Crippen LogP contribution is 2.41. The largest absolute Gasteiger partial charge is 0.477 e. The molecule has 4 aliphatic rings. The minimum Gasteiger partial charge on any atom is -0.477 e. The van der Waals surface area contributed by atoms with Crippen molar-refractivity contribution in [1.82, 2.24) is 35.3 Å². The van der Waals surface area contributed by atoms with E-state index < -0.39 is 23.3 Å². The van der Waals surface area contributed by atoms with Gasteiger partial charge in [0.2, 0.25) is 17.0 Å². The molecule has 0 spiro atoms. The van der Waals surface area contributed by atoms with E-state index in [1.54, 1.807) is 13.1 Å². The maximum absolute atomic E-state index is 12.8. The van der Waals surface area contributed by atoms with Crippen molar-refractivity contribution in [3.05, 3.63) is 22.9 Å². The number of hydrogen-bond acceptors (Lipinski definition) is 9. The number of nitrogens with zero attached hydrogens (tertiary/aromatic N) is 6. The minimum absolute atomic E-state index is 0.0217. The summed E-state index contributed by atoms with van der Waals surface area (Å²) in [5.41, 5.74) is 0.926. The number of hydrogen-bond donors (Lipinski definition) is 2. The van der Waals surface area contributed by atoms with E-state index in [0.29, 0.717) is 40.9 Å². The molecule has 0 bridgehead atoms. The van der Waals surface area contributed by atoms with Gasteiger partial charge in [-0.2, -0.15) is 0 Å². The Morgan fingerprint density at radius 2 is 2.12 bits per heavy atom. The Labute approximate surface area is 203 Å². The fourth-order valence-electron chi connectivity index (χ4n) is 4.24. The average molecular weight is 506 g/mol. The molecule has 2 atom stereocenters. The number of carboxylic acids is 1. The number of aromatic nitrogens is 4. The van der Waals surface area contributed by atoms with Crippen molar-refractivity contribution in [3.63, 3.8) is 0 Å². The summed E-state index contributed by atoms with van der Waals surface area (Å²) >= 11 is 2.51. The number of fused-ring (bicyclic) bond motifs is 1. The Kier molecular flexibility index (Phi) is 6.10. The van der Waals surface area contributed by atoms with Gasteiger partial charge in [-0.05, 0) is 47.3 Å². The number of carbonyl (C=O) groups excluding carboxylic acids is 3. The molecular formula is C20H23N7O5S2. The SMILES string of the molecule is Cn1nnnc1SCC(=O)N[C@@H]1C(=O)N2C(C(=O)O)=C(C=C3CCN(CC4CC4)C3=O)CS[C@H]12. The molecule has 0 aromatic carbocycles. The number of nitrogens with one attached hydrogen (secondary N) is 1. The van der Waals surface area contributed by atoms with E-state index in [-0.39, 0.29) is 23.3 Å². The lowest BCUT2D eigenvalue weighted by molar-refractivity contribution is -0.150. The van der Waals surface area contributed by atoms with E-state index in [0.717, 1.165) is 31.1 Å². The second-order valence-electron chi connectivity index (χ2n) is 8.62. The zero-order chi connectivity index (χ0) is 24.0. The van der Waals surface area contributed by atoms with Crippen LogP contribution in [0.5, 0.6) is 0 Å². The predicted octanol–water partition coefficient (Wildman–Crippen LogP) is -0.390. The van der Waals surface area contributed by atoms with Crippen LogP contribution in [0.2, 0.25) is 0 Å². The lowest BCUT2D eigenvalue weighted by Crippen LogP contribution is -2.70. The normalized spacial score (nSPS) is 25.6. The summed E-state index contributed by atoms with van der Waals surface area (Å²) in [5.74, 6) is -1.17. The van der Waals surface area contributed by atoms with Gasteiger partial charge < -0.3 is 15.3 Å². The molecule has 2 saturated heterocycles. The second-order valence-corrected chi connectivity index (χ2v) is 10.7. The number of amides is 3. The van der Waals surface area contributed by atoms with Crippen LogP contribution in [0.3, 0.4) is 0 Å². The Morgan fingerprint density at radius 3 is 2.79 bits per heavy atom. The standard InChI is InChI=1S/C20H23N7O5S2/c1-25-20(22-23-24-25)34-9-13(28)21-14-17(30)27-15(19(31)32)12(8-33-18(14)27)6-11-4-5-26(16(11)29)7-10-2-3-10/h6,10,14,18H,2-5,7-9H2,1H3,(H,21,28)(H,31,32)/t14-,18-/m1/s1. The van der Waals surface area contributed by atoms with Crippen LogP contribution >= 0.6 is 23.5 Å². The third-order valence-corrected chi connectivity index (χ3v) is 8.48. The molecular weight excluding hydrogens is 482 g/mol. The number of tetrazole rings is 1. The highest BCUT2D eigenvalue weighted by molar-refractivity contribution is 8.00. The number of carboxylic acid groups (broad SMARTS) is 1. The molecule has 12 nitrogen and oxygen atoms in total. The molecule has 0 radical (unpaired) electrons. The van der Waals surface area contributed by atoms with Gasteiger partial charge >= 0.3 is 5.97 Å². The second kappa shape index (κ2) is 9.06. The fraction of sp³-hybridized carbons (Fsp3) is 0.550. The van der Waals surface area contributed by atoms with Crippen molar-refractivity contribution in [1.29, 1.82) is 0 Å². The summed E-state index contributed by atoms with van der Waals surface area (Å²) in [7, 11) is 1.66. The number of thioether (sulfide) groups is 2. The molecule has 1 aliphatic carbocycles. The third-order valence-electron chi connectivity index (χ3n) is 6.17. The Morgan fingerprint density at radius 1 is 1.32 bits per heavy atom. The minimum atomic E-state index is -1.22. The van der Waals surface area contributed by atoms with E-state index in [2.05, 4.69) is 20.8 Å². The zero-order valence-corrected chi connectivity index (χ0v) is 20.0. The Balaban J connectivity index is 1.26. The van der Waals surface area contributed by atoms with Crippen molar-refractivity contribution >= 4 is 47.2 Å².